The molecule has 0 aliphatic heterocycles. The highest BCUT2D eigenvalue weighted by molar-refractivity contribution is 5.70. The highest BCUT2D eigenvalue weighted by atomic mass is 19.4. The van der Waals surface area contributed by atoms with E-state index < -0.39 is 18.6 Å². The summed E-state index contributed by atoms with van der Waals surface area (Å²) < 4.78 is 35.7. The van der Waals surface area contributed by atoms with Gasteiger partial charge in [-0.1, -0.05) is 6.42 Å². The zero-order valence-electron chi connectivity index (χ0n) is 9.59. The molecule has 17 heavy (non-hydrogen) atoms. The SMILES string of the molecule is O=C(O)C1CCCC(NCCCC(F)(F)F)C1. The Morgan fingerprint density at radius 1 is 1.35 bits per heavy atom. The van der Waals surface area contributed by atoms with Gasteiger partial charge in [-0.25, -0.2) is 0 Å². The van der Waals surface area contributed by atoms with Crippen LogP contribution in [0.3, 0.4) is 0 Å². The quantitative estimate of drug-likeness (QED) is 0.740. The predicted molar refractivity (Wildman–Crippen MR) is 56.7 cm³/mol. The normalized spacial score (nSPS) is 25.8. The maximum Gasteiger partial charge on any atom is 0.389 e. The first-order valence-corrected chi connectivity index (χ1v) is 5.91. The predicted octanol–water partition coefficient (Wildman–Crippen LogP) is 2.56. The van der Waals surface area contributed by atoms with Crippen molar-refractivity contribution in [1.82, 2.24) is 5.32 Å². The van der Waals surface area contributed by atoms with Gasteiger partial charge in [-0.15, -0.1) is 0 Å². The second kappa shape index (κ2) is 6.23. The number of carbonyl (C=O) groups is 1. The van der Waals surface area contributed by atoms with Gasteiger partial charge >= 0.3 is 12.1 Å². The number of rotatable bonds is 5. The third-order valence-corrected chi connectivity index (χ3v) is 3.09. The van der Waals surface area contributed by atoms with Gasteiger partial charge < -0.3 is 10.4 Å². The van der Waals surface area contributed by atoms with Crippen LogP contribution in [0.5, 0.6) is 0 Å². The topological polar surface area (TPSA) is 49.3 Å². The molecule has 3 nitrogen and oxygen atoms in total. The standard InChI is InChI=1S/C11H18F3NO2/c12-11(13,14)5-2-6-15-9-4-1-3-8(7-9)10(16)17/h8-9,15H,1-7H2,(H,16,17). The molecule has 0 aromatic rings. The molecule has 0 aromatic carbocycles. The van der Waals surface area contributed by atoms with Crippen LogP contribution < -0.4 is 5.32 Å². The second-order valence-corrected chi connectivity index (χ2v) is 4.57. The first-order chi connectivity index (χ1) is 7.88. The summed E-state index contributed by atoms with van der Waals surface area (Å²) >= 11 is 0. The van der Waals surface area contributed by atoms with Crippen molar-refractivity contribution < 1.29 is 23.1 Å². The molecule has 2 atom stereocenters. The molecular formula is C11H18F3NO2. The largest absolute Gasteiger partial charge is 0.481 e. The molecule has 0 spiro atoms. The number of nitrogens with one attached hydrogen (secondary N) is 1. The Labute approximate surface area is 98.4 Å². The lowest BCUT2D eigenvalue weighted by molar-refractivity contribution is -0.143. The molecule has 2 unspecified atom stereocenters. The summed E-state index contributed by atoms with van der Waals surface area (Å²) in [6, 6.07) is 0.0538. The average Bonchev–Trinajstić information content (AvgIpc) is 2.23. The van der Waals surface area contributed by atoms with E-state index in [1.807, 2.05) is 0 Å². The van der Waals surface area contributed by atoms with Crippen molar-refractivity contribution in [2.24, 2.45) is 5.92 Å². The third kappa shape index (κ3) is 5.91. The van der Waals surface area contributed by atoms with Crippen molar-refractivity contribution in [2.45, 2.75) is 50.7 Å². The van der Waals surface area contributed by atoms with Crippen LogP contribution in [0.4, 0.5) is 13.2 Å². The lowest BCUT2D eigenvalue weighted by atomic mass is 9.86. The maximum atomic E-state index is 11.9. The van der Waals surface area contributed by atoms with E-state index in [2.05, 4.69) is 5.32 Å². The number of halogens is 3. The van der Waals surface area contributed by atoms with Crippen LogP contribution in [0.1, 0.15) is 38.5 Å². The first-order valence-electron chi connectivity index (χ1n) is 5.91. The molecule has 100 valence electrons. The van der Waals surface area contributed by atoms with E-state index in [1.165, 1.54) is 0 Å². The minimum atomic E-state index is -4.10. The van der Waals surface area contributed by atoms with E-state index >= 15 is 0 Å². The molecule has 1 fully saturated rings. The Hall–Kier alpha value is -0.780. The van der Waals surface area contributed by atoms with E-state index in [9.17, 15) is 18.0 Å². The van der Waals surface area contributed by atoms with Crippen molar-refractivity contribution in [2.75, 3.05) is 6.54 Å². The fourth-order valence-corrected chi connectivity index (χ4v) is 2.19. The Balaban J connectivity index is 2.17. The molecular weight excluding hydrogens is 235 g/mol. The van der Waals surface area contributed by atoms with E-state index in [0.29, 0.717) is 19.4 Å². The summed E-state index contributed by atoms with van der Waals surface area (Å²) in [6.07, 6.45) is -1.94. The smallest absolute Gasteiger partial charge is 0.389 e. The minimum absolute atomic E-state index is 0.0533. The van der Waals surface area contributed by atoms with E-state index in [1.54, 1.807) is 0 Å². The molecule has 1 rings (SSSR count). The van der Waals surface area contributed by atoms with Crippen molar-refractivity contribution in [3.05, 3.63) is 0 Å². The van der Waals surface area contributed by atoms with Gasteiger partial charge in [-0.05, 0) is 32.2 Å². The molecule has 0 heterocycles. The zero-order chi connectivity index (χ0) is 12.9. The van der Waals surface area contributed by atoms with Gasteiger partial charge in [0.05, 0.1) is 5.92 Å². The Bertz CT molecular complexity index is 256. The highest BCUT2D eigenvalue weighted by Crippen LogP contribution is 2.25. The minimum Gasteiger partial charge on any atom is -0.481 e. The number of alkyl halides is 3. The zero-order valence-corrected chi connectivity index (χ0v) is 9.59. The summed E-state index contributed by atoms with van der Waals surface area (Å²) in [4.78, 5) is 10.8. The third-order valence-electron chi connectivity index (χ3n) is 3.09. The van der Waals surface area contributed by atoms with Gasteiger partial charge in [0, 0.05) is 12.5 Å². The van der Waals surface area contributed by atoms with Crippen LogP contribution in [0.25, 0.3) is 0 Å². The van der Waals surface area contributed by atoms with Crippen molar-refractivity contribution in [1.29, 1.82) is 0 Å². The fraction of sp³-hybridized carbons (Fsp3) is 0.909. The van der Waals surface area contributed by atoms with E-state index in [4.69, 9.17) is 5.11 Å². The van der Waals surface area contributed by atoms with Crippen LogP contribution in [-0.4, -0.2) is 29.8 Å². The van der Waals surface area contributed by atoms with Crippen LogP contribution >= 0.6 is 0 Å². The molecule has 0 amide bonds. The second-order valence-electron chi connectivity index (χ2n) is 4.57. The summed E-state index contributed by atoms with van der Waals surface area (Å²) in [5, 5.41) is 11.9. The lowest BCUT2D eigenvalue weighted by Crippen LogP contribution is -2.37. The molecule has 0 aromatic heterocycles. The molecule has 2 N–H and O–H groups in total. The summed E-state index contributed by atoms with van der Waals surface area (Å²) in [5.41, 5.74) is 0. The number of carboxylic acids is 1. The van der Waals surface area contributed by atoms with Crippen LogP contribution in [0, 0.1) is 5.92 Å². The van der Waals surface area contributed by atoms with Crippen LogP contribution in [-0.2, 0) is 4.79 Å². The van der Waals surface area contributed by atoms with Gasteiger partial charge in [0.2, 0.25) is 0 Å². The molecule has 6 heteroatoms. The summed E-state index contributed by atoms with van der Waals surface area (Å²) in [5.74, 6) is -1.14. The molecule has 1 saturated carbocycles. The molecule has 1 aliphatic rings. The molecule has 1 aliphatic carbocycles. The van der Waals surface area contributed by atoms with E-state index in [-0.39, 0.29) is 18.4 Å². The van der Waals surface area contributed by atoms with E-state index in [0.717, 1.165) is 12.8 Å². The molecule has 0 saturated heterocycles. The summed E-state index contributed by atoms with van der Waals surface area (Å²) in [6.45, 7) is 0.302. The fourth-order valence-electron chi connectivity index (χ4n) is 2.19. The maximum absolute atomic E-state index is 11.9. The van der Waals surface area contributed by atoms with Crippen molar-refractivity contribution >= 4 is 5.97 Å². The molecule has 0 bridgehead atoms. The van der Waals surface area contributed by atoms with Gasteiger partial charge in [0.15, 0.2) is 0 Å². The Morgan fingerprint density at radius 2 is 2.06 bits per heavy atom. The van der Waals surface area contributed by atoms with Gasteiger partial charge in [-0.3, -0.25) is 4.79 Å². The molecule has 0 radical (unpaired) electrons. The number of carboxylic acid groups (broad SMARTS) is 1. The number of hydrogen-bond donors (Lipinski definition) is 2. The number of hydrogen-bond acceptors (Lipinski definition) is 2. The van der Waals surface area contributed by atoms with Gasteiger partial charge in [0.25, 0.3) is 0 Å². The monoisotopic (exact) mass is 253 g/mol. The Kier molecular flexibility index (Phi) is 5.24. The number of aliphatic carboxylic acids is 1. The van der Waals surface area contributed by atoms with Crippen molar-refractivity contribution in [3.63, 3.8) is 0 Å². The van der Waals surface area contributed by atoms with Crippen LogP contribution in [0.15, 0.2) is 0 Å². The van der Waals surface area contributed by atoms with Gasteiger partial charge in [-0.2, -0.15) is 13.2 Å². The van der Waals surface area contributed by atoms with Crippen LogP contribution in [0.2, 0.25) is 0 Å². The Morgan fingerprint density at radius 3 is 2.65 bits per heavy atom. The summed E-state index contributed by atoms with van der Waals surface area (Å²) in [7, 11) is 0. The van der Waals surface area contributed by atoms with Crippen molar-refractivity contribution in [3.8, 4) is 0 Å². The first kappa shape index (κ1) is 14.3. The lowest BCUT2D eigenvalue weighted by Gasteiger charge is -2.27. The van der Waals surface area contributed by atoms with Gasteiger partial charge in [0.1, 0.15) is 0 Å². The average molecular weight is 253 g/mol. The highest BCUT2D eigenvalue weighted by Gasteiger charge is 2.28.